The highest BCUT2D eigenvalue weighted by Crippen LogP contribution is 2.20. The van der Waals surface area contributed by atoms with Crippen LogP contribution in [0.15, 0.2) is 0 Å². The second-order valence-electron chi connectivity index (χ2n) is 5.87. The number of carbonyl (C=O) groups is 1. The molecular weight excluding hydrogens is 312 g/mol. The largest absolute Gasteiger partial charge is 0.346 e. The third kappa shape index (κ3) is 3.42. The van der Waals surface area contributed by atoms with Gasteiger partial charge in [-0.3, -0.25) is 4.79 Å². The summed E-state index contributed by atoms with van der Waals surface area (Å²) in [4.78, 5) is 17.9. The SMILES string of the molecule is Cc1nc(C)c(CNC(=O)c2nnn(C3CCNCC3)c2C)s1. The van der Waals surface area contributed by atoms with Gasteiger partial charge in [0.25, 0.3) is 5.91 Å². The molecular formula is C15H22N6OS. The summed E-state index contributed by atoms with van der Waals surface area (Å²) < 4.78 is 1.90. The molecule has 124 valence electrons. The standard InChI is InChI=1S/C15H22N6OS/c1-9-13(23-11(3)18-9)8-17-15(22)14-10(2)21(20-19-14)12-4-6-16-7-5-12/h12,16H,4-8H2,1-3H3,(H,17,22). The van der Waals surface area contributed by atoms with Gasteiger partial charge in [-0.15, -0.1) is 16.4 Å². The first-order valence-corrected chi connectivity index (χ1v) is 8.71. The van der Waals surface area contributed by atoms with Gasteiger partial charge in [-0.1, -0.05) is 5.21 Å². The Morgan fingerprint density at radius 2 is 2.09 bits per heavy atom. The van der Waals surface area contributed by atoms with Gasteiger partial charge in [0, 0.05) is 4.88 Å². The average Bonchev–Trinajstić information content (AvgIpc) is 3.08. The number of rotatable bonds is 4. The molecule has 1 aliphatic heterocycles. The summed E-state index contributed by atoms with van der Waals surface area (Å²) in [7, 11) is 0. The topological polar surface area (TPSA) is 84.7 Å². The molecule has 1 amide bonds. The Kier molecular flexibility index (Phi) is 4.72. The lowest BCUT2D eigenvalue weighted by Gasteiger charge is -2.23. The highest BCUT2D eigenvalue weighted by atomic mass is 32.1. The molecule has 0 atom stereocenters. The summed E-state index contributed by atoms with van der Waals surface area (Å²) in [5.74, 6) is -0.173. The van der Waals surface area contributed by atoms with Gasteiger partial charge < -0.3 is 10.6 Å². The van der Waals surface area contributed by atoms with Crippen molar-refractivity contribution in [1.29, 1.82) is 0 Å². The van der Waals surface area contributed by atoms with E-state index in [4.69, 9.17) is 0 Å². The van der Waals surface area contributed by atoms with E-state index >= 15 is 0 Å². The van der Waals surface area contributed by atoms with E-state index in [1.54, 1.807) is 11.3 Å². The van der Waals surface area contributed by atoms with Crippen LogP contribution in [0, 0.1) is 20.8 Å². The first-order valence-electron chi connectivity index (χ1n) is 7.90. The van der Waals surface area contributed by atoms with E-state index in [1.165, 1.54) is 0 Å². The average molecular weight is 334 g/mol. The van der Waals surface area contributed by atoms with Crippen molar-refractivity contribution >= 4 is 17.2 Å². The molecule has 7 nitrogen and oxygen atoms in total. The van der Waals surface area contributed by atoms with Gasteiger partial charge in [-0.2, -0.15) is 0 Å². The van der Waals surface area contributed by atoms with Crippen LogP contribution in [0.5, 0.6) is 0 Å². The monoisotopic (exact) mass is 334 g/mol. The van der Waals surface area contributed by atoms with Crippen molar-refractivity contribution in [2.24, 2.45) is 0 Å². The summed E-state index contributed by atoms with van der Waals surface area (Å²) >= 11 is 1.61. The Balaban J connectivity index is 1.68. The lowest BCUT2D eigenvalue weighted by atomic mass is 10.1. The van der Waals surface area contributed by atoms with Crippen LogP contribution in [-0.4, -0.2) is 39.0 Å². The minimum atomic E-state index is -0.173. The molecule has 1 fully saturated rings. The normalized spacial score (nSPS) is 15.8. The molecule has 3 heterocycles. The van der Waals surface area contributed by atoms with Crippen LogP contribution in [0.25, 0.3) is 0 Å². The Labute approximate surface area is 139 Å². The maximum atomic E-state index is 12.4. The minimum absolute atomic E-state index is 0.173. The fourth-order valence-corrected chi connectivity index (χ4v) is 3.81. The van der Waals surface area contributed by atoms with Crippen molar-refractivity contribution < 1.29 is 4.79 Å². The molecule has 2 aromatic heterocycles. The van der Waals surface area contributed by atoms with Gasteiger partial charge in [0.1, 0.15) is 0 Å². The molecule has 0 aliphatic carbocycles. The van der Waals surface area contributed by atoms with Crippen LogP contribution in [0.4, 0.5) is 0 Å². The third-order valence-electron chi connectivity index (χ3n) is 4.21. The van der Waals surface area contributed by atoms with E-state index < -0.39 is 0 Å². The minimum Gasteiger partial charge on any atom is -0.346 e. The molecule has 0 saturated carbocycles. The molecule has 8 heteroatoms. The Hall–Kier alpha value is -1.80. The second kappa shape index (κ2) is 6.76. The highest BCUT2D eigenvalue weighted by Gasteiger charge is 2.22. The van der Waals surface area contributed by atoms with Crippen LogP contribution in [0.2, 0.25) is 0 Å². The van der Waals surface area contributed by atoms with E-state index in [9.17, 15) is 4.79 Å². The fourth-order valence-electron chi connectivity index (χ4n) is 2.93. The van der Waals surface area contributed by atoms with Crippen LogP contribution >= 0.6 is 11.3 Å². The maximum absolute atomic E-state index is 12.4. The number of carbonyl (C=O) groups excluding carboxylic acids is 1. The van der Waals surface area contributed by atoms with E-state index in [0.29, 0.717) is 18.3 Å². The predicted molar refractivity (Wildman–Crippen MR) is 88.7 cm³/mol. The first-order chi connectivity index (χ1) is 11.1. The summed E-state index contributed by atoms with van der Waals surface area (Å²) in [6.07, 6.45) is 2.04. The van der Waals surface area contributed by atoms with Crippen molar-refractivity contribution in [3.05, 3.63) is 27.0 Å². The number of aromatic nitrogens is 4. The quantitative estimate of drug-likeness (QED) is 0.885. The van der Waals surface area contributed by atoms with Gasteiger partial charge in [0.2, 0.25) is 0 Å². The number of amides is 1. The zero-order valence-electron chi connectivity index (χ0n) is 13.7. The Morgan fingerprint density at radius 1 is 1.35 bits per heavy atom. The number of piperidine rings is 1. The predicted octanol–water partition coefficient (Wildman–Crippen LogP) is 1.51. The third-order valence-corrected chi connectivity index (χ3v) is 5.28. The van der Waals surface area contributed by atoms with Crippen LogP contribution in [0.1, 0.15) is 50.6 Å². The number of hydrogen-bond donors (Lipinski definition) is 2. The summed E-state index contributed by atoms with van der Waals surface area (Å²) in [6.45, 7) is 8.29. The molecule has 1 saturated heterocycles. The lowest BCUT2D eigenvalue weighted by Crippen LogP contribution is -2.30. The van der Waals surface area contributed by atoms with Gasteiger partial charge >= 0.3 is 0 Å². The number of aryl methyl sites for hydroxylation is 2. The molecule has 0 unspecified atom stereocenters. The van der Waals surface area contributed by atoms with Gasteiger partial charge in [-0.25, -0.2) is 9.67 Å². The van der Waals surface area contributed by atoms with Crippen LogP contribution < -0.4 is 10.6 Å². The van der Waals surface area contributed by atoms with E-state index in [0.717, 1.165) is 47.2 Å². The number of nitrogens with zero attached hydrogens (tertiary/aromatic N) is 4. The molecule has 0 spiro atoms. The van der Waals surface area contributed by atoms with Crippen LogP contribution in [-0.2, 0) is 6.54 Å². The van der Waals surface area contributed by atoms with Gasteiger partial charge in [-0.05, 0) is 46.7 Å². The maximum Gasteiger partial charge on any atom is 0.274 e. The fraction of sp³-hybridized carbons (Fsp3) is 0.600. The second-order valence-corrected chi connectivity index (χ2v) is 7.16. The highest BCUT2D eigenvalue weighted by molar-refractivity contribution is 7.11. The molecule has 2 N–H and O–H groups in total. The zero-order valence-corrected chi connectivity index (χ0v) is 14.5. The van der Waals surface area contributed by atoms with Crippen molar-refractivity contribution in [2.75, 3.05) is 13.1 Å². The van der Waals surface area contributed by atoms with Gasteiger partial charge in [0.05, 0.1) is 29.0 Å². The van der Waals surface area contributed by atoms with E-state index in [2.05, 4.69) is 25.9 Å². The molecule has 23 heavy (non-hydrogen) atoms. The zero-order chi connectivity index (χ0) is 16.4. The lowest BCUT2D eigenvalue weighted by molar-refractivity contribution is 0.0945. The number of thiazole rings is 1. The number of hydrogen-bond acceptors (Lipinski definition) is 6. The van der Waals surface area contributed by atoms with E-state index in [-0.39, 0.29) is 5.91 Å². The van der Waals surface area contributed by atoms with E-state index in [1.807, 2.05) is 25.5 Å². The molecule has 3 rings (SSSR count). The van der Waals surface area contributed by atoms with Crippen molar-refractivity contribution in [2.45, 2.75) is 46.2 Å². The summed E-state index contributed by atoms with van der Waals surface area (Å²) in [6, 6.07) is 0.330. The van der Waals surface area contributed by atoms with Gasteiger partial charge in [0.15, 0.2) is 5.69 Å². The molecule has 0 bridgehead atoms. The first kappa shape index (κ1) is 16.1. The molecule has 0 aromatic carbocycles. The number of nitrogens with one attached hydrogen (secondary N) is 2. The summed E-state index contributed by atoms with van der Waals surface area (Å²) in [5.41, 5.74) is 2.23. The Bertz CT molecular complexity index is 701. The van der Waals surface area contributed by atoms with Crippen molar-refractivity contribution in [1.82, 2.24) is 30.6 Å². The molecule has 1 aliphatic rings. The molecule has 2 aromatic rings. The van der Waals surface area contributed by atoms with Crippen molar-refractivity contribution in [3.8, 4) is 0 Å². The van der Waals surface area contributed by atoms with Crippen LogP contribution in [0.3, 0.4) is 0 Å². The molecule has 0 radical (unpaired) electrons. The Morgan fingerprint density at radius 3 is 2.74 bits per heavy atom. The van der Waals surface area contributed by atoms with Crippen molar-refractivity contribution in [3.63, 3.8) is 0 Å². The summed E-state index contributed by atoms with van der Waals surface area (Å²) in [5, 5.41) is 15.6. The smallest absolute Gasteiger partial charge is 0.274 e.